The van der Waals surface area contributed by atoms with Gasteiger partial charge in [-0.15, -0.1) is 10.2 Å². The molecule has 0 atom stereocenters. The molecule has 0 unspecified atom stereocenters. The maximum absolute atomic E-state index is 13.0. The molecule has 8 nitrogen and oxygen atoms in total. The van der Waals surface area contributed by atoms with Gasteiger partial charge < -0.3 is 0 Å². The highest BCUT2D eigenvalue weighted by atomic mass is 35.5. The maximum Gasteiger partial charge on any atom is 0.304 e. The zero-order valence-corrected chi connectivity index (χ0v) is 17.8. The van der Waals surface area contributed by atoms with E-state index in [1.54, 1.807) is 48.5 Å². The Bertz CT molecular complexity index is 1480. The van der Waals surface area contributed by atoms with Gasteiger partial charge in [0, 0.05) is 10.0 Å². The number of aromatic nitrogens is 6. The third-order valence-electron chi connectivity index (χ3n) is 4.49. The molecule has 0 saturated carbocycles. The number of imidazole rings is 2. The van der Waals surface area contributed by atoms with Gasteiger partial charge in [0.15, 0.2) is 0 Å². The summed E-state index contributed by atoms with van der Waals surface area (Å²) in [6.45, 7) is 0. The van der Waals surface area contributed by atoms with Crippen molar-refractivity contribution >= 4 is 58.9 Å². The van der Waals surface area contributed by atoms with Crippen molar-refractivity contribution in [2.24, 2.45) is 0 Å². The standard InChI is InChI=1S/C18H8Cl2N6O2S2/c19-9-1-5-11(6-2-9)23-15(27)13-21-26-14(22-25(13)17(23)29)16(28)24(18(26)30)12-7-3-10(20)4-8-12/h1-8H. The number of fused-ring (bicyclic) bond motifs is 2. The van der Waals surface area contributed by atoms with Gasteiger partial charge >= 0.3 is 11.1 Å². The van der Waals surface area contributed by atoms with Crippen LogP contribution in [-0.2, 0) is 0 Å². The first-order chi connectivity index (χ1) is 14.4. The topological polar surface area (TPSA) is 78.6 Å². The largest absolute Gasteiger partial charge is 0.304 e. The Kier molecular flexibility index (Phi) is 4.33. The summed E-state index contributed by atoms with van der Waals surface area (Å²) in [6, 6.07) is 13.2. The van der Waals surface area contributed by atoms with Gasteiger partial charge in [-0.05, 0) is 73.0 Å². The van der Waals surface area contributed by atoms with Gasteiger partial charge in [-0.3, -0.25) is 9.59 Å². The van der Waals surface area contributed by atoms with E-state index >= 15 is 0 Å². The van der Waals surface area contributed by atoms with Crippen molar-refractivity contribution in [3.05, 3.63) is 88.8 Å². The summed E-state index contributed by atoms with van der Waals surface area (Å²) in [4.78, 5) is 26.0. The highest BCUT2D eigenvalue weighted by Crippen LogP contribution is 2.15. The monoisotopic (exact) mass is 474 g/mol. The summed E-state index contributed by atoms with van der Waals surface area (Å²) in [5.74, 6) is 0. The predicted octanol–water partition coefficient (Wildman–Crippen LogP) is 3.49. The number of hydrogen-bond acceptors (Lipinski definition) is 6. The molecule has 3 heterocycles. The molecule has 2 aromatic carbocycles. The molecule has 0 N–H and O–H groups in total. The first-order valence-electron chi connectivity index (χ1n) is 8.42. The second kappa shape index (κ2) is 6.81. The highest BCUT2D eigenvalue weighted by molar-refractivity contribution is 7.71. The fourth-order valence-electron chi connectivity index (χ4n) is 3.10. The normalized spacial score (nSPS) is 11.5. The van der Waals surface area contributed by atoms with Crippen LogP contribution in [0.5, 0.6) is 0 Å². The number of hydrogen-bond donors (Lipinski definition) is 0. The van der Waals surface area contributed by atoms with E-state index in [9.17, 15) is 9.59 Å². The van der Waals surface area contributed by atoms with Gasteiger partial charge in [0.05, 0.1) is 11.4 Å². The number of benzene rings is 2. The smallest absolute Gasteiger partial charge is 0.264 e. The van der Waals surface area contributed by atoms with Gasteiger partial charge in [0.25, 0.3) is 0 Å². The molecule has 12 heteroatoms. The zero-order chi connectivity index (χ0) is 21.2. The molecule has 0 bridgehead atoms. The number of nitrogens with zero attached hydrogens (tertiary/aromatic N) is 6. The summed E-state index contributed by atoms with van der Waals surface area (Å²) in [6.07, 6.45) is 0. The van der Waals surface area contributed by atoms with Crippen LogP contribution in [0.25, 0.3) is 22.7 Å². The summed E-state index contributed by atoms with van der Waals surface area (Å²) >= 11 is 22.7. The van der Waals surface area contributed by atoms with Crippen LogP contribution >= 0.6 is 47.6 Å². The molecule has 5 rings (SSSR count). The van der Waals surface area contributed by atoms with E-state index in [1.165, 1.54) is 9.13 Å². The van der Waals surface area contributed by atoms with E-state index in [1.807, 2.05) is 0 Å². The van der Waals surface area contributed by atoms with Gasteiger partial charge in [-0.25, -0.2) is 9.13 Å². The van der Waals surface area contributed by atoms with E-state index in [-0.39, 0.29) is 20.8 Å². The molecule has 0 spiro atoms. The van der Waals surface area contributed by atoms with Crippen molar-refractivity contribution in [2.45, 2.75) is 0 Å². The lowest BCUT2D eigenvalue weighted by atomic mass is 10.3. The maximum atomic E-state index is 13.0. The first-order valence-corrected chi connectivity index (χ1v) is 9.99. The van der Waals surface area contributed by atoms with Crippen LogP contribution in [0.15, 0.2) is 58.1 Å². The quantitative estimate of drug-likeness (QED) is 0.364. The molecule has 30 heavy (non-hydrogen) atoms. The Morgan fingerprint density at radius 1 is 0.633 bits per heavy atom. The van der Waals surface area contributed by atoms with E-state index in [4.69, 9.17) is 47.6 Å². The molecule has 0 amide bonds. The Hall–Kier alpha value is -2.92. The second-order valence-electron chi connectivity index (χ2n) is 6.27. The molecule has 3 aromatic heterocycles. The fraction of sp³-hybridized carbons (Fsp3) is 0. The summed E-state index contributed by atoms with van der Waals surface area (Å²) < 4.78 is 4.98. The van der Waals surface area contributed by atoms with Crippen LogP contribution in [0.2, 0.25) is 10.0 Å². The van der Waals surface area contributed by atoms with E-state index in [2.05, 4.69) is 10.2 Å². The van der Waals surface area contributed by atoms with E-state index < -0.39 is 11.1 Å². The fourth-order valence-corrected chi connectivity index (χ4v) is 3.98. The van der Waals surface area contributed by atoms with Crippen molar-refractivity contribution in [1.82, 2.24) is 28.4 Å². The highest BCUT2D eigenvalue weighted by Gasteiger charge is 2.19. The van der Waals surface area contributed by atoms with Gasteiger partial charge in [-0.2, -0.15) is 9.03 Å². The average molecular weight is 475 g/mol. The van der Waals surface area contributed by atoms with Crippen LogP contribution in [0, 0.1) is 9.54 Å². The lowest BCUT2D eigenvalue weighted by Gasteiger charge is -2.00. The molecule has 5 aromatic rings. The van der Waals surface area contributed by atoms with Crippen molar-refractivity contribution < 1.29 is 0 Å². The van der Waals surface area contributed by atoms with Crippen molar-refractivity contribution in [1.29, 1.82) is 0 Å². The SMILES string of the molecule is O=c1c2nn3c(=S)n(-c4ccc(Cl)cc4)c(=O)c3nn2c(=S)n1-c1ccc(Cl)cc1. The van der Waals surface area contributed by atoms with Crippen LogP contribution in [0.1, 0.15) is 0 Å². The summed E-state index contributed by atoms with van der Waals surface area (Å²) in [7, 11) is 0. The number of rotatable bonds is 2. The lowest BCUT2D eigenvalue weighted by molar-refractivity contribution is 0.797. The molecular weight excluding hydrogens is 467 g/mol. The first kappa shape index (κ1) is 19.1. The lowest BCUT2D eigenvalue weighted by Crippen LogP contribution is -2.15. The molecule has 0 radical (unpaired) electrons. The molecule has 0 aliphatic heterocycles. The Balaban J connectivity index is 1.83. The second-order valence-corrected chi connectivity index (χ2v) is 7.87. The predicted molar refractivity (Wildman–Crippen MR) is 118 cm³/mol. The summed E-state index contributed by atoms with van der Waals surface area (Å²) in [5.41, 5.74) is -0.110. The van der Waals surface area contributed by atoms with Crippen molar-refractivity contribution in [2.75, 3.05) is 0 Å². The Morgan fingerprint density at radius 2 is 0.967 bits per heavy atom. The molecule has 0 fully saturated rings. The Morgan fingerprint density at radius 3 is 1.30 bits per heavy atom. The Labute approximate surface area is 187 Å². The zero-order valence-electron chi connectivity index (χ0n) is 14.7. The minimum atomic E-state index is -0.495. The minimum Gasteiger partial charge on any atom is -0.264 e. The number of halogens is 2. The summed E-state index contributed by atoms with van der Waals surface area (Å²) in [5, 5.41) is 9.57. The van der Waals surface area contributed by atoms with Crippen LogP contribution in [-0.4, -0.2) is 28.4 Å². The van der Waals surface area contributed by atoms with Crippen LogP contribution in [0.4, 0.5) is 0 Å². The van der Waals surface area contributed by atoms with Gasteiger partial charge in [-0.1, -0.05) is 23.2 Å². The van der Waals surface area contributed by atoms with Gasteiger partial charge in [0.1, 0.15) is 0 Å². The molecule has 148 valence electrons. The third kappa shape index (κ3) is 2.72. The molecule has 0 saturated heterocycles. The molecule has 0 aliphatic rings. The van der Waals surface area contributed by atoms with Crippen molar-refractivity contribution in [3.63, 3.8) is 0 Å². The average Bonchev–Trinajstić information content (AvgIpc) is 3.13. The van der Waals surface area contributed by atoms with E-state index in [0.29, 0.717) is 21.4 Å². The molecule has 0 aliphatic carbocycles. The van der Waals surface area contributed by atoms with Gasteiger partial charge in [0.2, 0.25) is 20.8 Å². The van der Waals surface area contributed by atoms with Crippen LogP contribution in [0.3, 0.4) is 0 Å². The van der Waals surface area contributed by atoms with E-state index in [0.717, 1.165) is 9.03 Å². The minimum absolute atomic E-state index is 0.0631. The van der Waals surface area contributed by atoms with Crippen LogP contribution < -0.4 is 11.1 Å². The third-order valence-corrected chi connectivity index (χ3v) is 5.71. The molecular formula is C18H8Cl2N6O2S2. The van der Waals surface area contributed by atoms with Crippen molar-refractivity contribution in [3.8, 4) is 11.4 Å².